The average molecular weight is 189 g/mol. The first-order chi connectivity index (χ1) is 6.68. The Morgan fingerprint density at radius 2 is 1.93 bits per heavy atom. The summed E-state index contributed by atoms with van der Waals surface area (Å²) in [4.78, 5) is 13.3. The normalized spacial score (nSPS) is 20.4. The maximum absolute atomic E-state index is 11.3. The number of carbonyl (C=O) groups excluding carboxylic acids is 1. The molecule has 0 N–H and O–H groups in total. The number of carbonyl (C=O) groups is 1. The Labute approximate surface area is 84.5 Å². The second kappa shape index (κ2) is 3.45. The molecule has 0 amide bonds. The van der Waals surface area contributed by atoms with Crippen LogP contribution in [-0.4, -0.2) is 18.9 Å². The SMILES string of the molecule is Cc1ccc(N(C)[C@H]2CCC2=O)cc1. The summed E-state index contributed by atoms with van der Waals surface area (Å²) in [6.45, 7) is 2.07. The summed E-state index contributed by atoms with van der Waals surface area (Å²) in [7, 11) is 1.99. The van der Waals surface area contributed by atoms with Gasteiger partial charge in [0.05, 0.1) is 6.04 Å². The van der Waals surface area contributed by atoms with Crippen molar-refractivity contribution in [1.29, 1.82) is 0 Å². The largest absolute Gasteiger partial charge is 0.365 e. The molecule has 1 aromatic rings. The van der Waals surface area contributed by atoms with Crippen LogP contribution in [0, 0.1) is 6.92 Å². The smallest absolute Gasteiger partial charge is 0.155 e. The highest BCUT2D eigenvalue weighted by atomic mass is 16.1. The molecular weight excluding hydrogens is 174 g/mol. The first-order valence-corrected chi connectivity index (χ1v) is 5.00. The molecule has 2 nitrogen and oxygen atoms in total. The zero-order chi connectivity index (χ0) is 10.1. The molecule has 0 unspecified atom stereocenters. The maximum Gasteiger partial charge on any atom is 0.155 e. The maximum atomic E-state index is 11.3. The van der Waals surface area contributed by atoms with Gasteiger partial charge in [0.1, 0.15) is 0 Å². The monoisotopic (exact) mass is 189 g/mol. The number of aryl methyl sites for hydroxylation is 1. The van der Waals surface area contributed by atoms with Gasteiger partial charge in [0.25, 0.3) is 0 Å². The number of Topliss-reactive ketones (excluding diaryl/α,β-unsaturated/α-hetero) is 1. The van der Waals surface area contributed by atoms with Gasteiger partial charge >= 0.3 is 0 Å². The highest BCUT2D eigenvalue weighted by Crippen LogP contribution is 2.25. The first kappa shape index (κ1) is 9.25. The summed E-state index contributed by atoms with van der Waals surface area (Å²) in [6, 6.07) is 8.42. The van der Waals surface area contributed by atoms with Gasteiger partial charge in [-0.3, -0.25) is 4.79 Å². The van der Waals surface area contributed by atoms with Crippen molar-refractivity contribution in [3.63, 3.8) is 0 Å². The van der Waals surface area contributed by atoms with Crippen LogP contribution in [-0.2, 0) is 4.79 Å². The third kappa shape index (κ3) is 1.52. The van der Waals surface area contributed by atoms with Crippen molar-refractivity contribution in [2.24, 2.45) is 0 Å². The van der Waals surface area contributed by atoms with Crippen molar-refractivity contribution in [3.05, 3.63) is 29.8 Å². The van der Waals surface area contributed by atoms with Crippen molar-refractivity contribution in [2.45, 2.75) is 25.8 Å². The molecule has 2 rings (SSSR count). The molecule has 1 saturated carbocycles. The number of hydrogen-bond donors (Lipinski definition) is 0. The van der Waals surface area contributed by atoms with E-state index in [1.807, 2.05) is 7.05 Å². The Morgan fingerprint density at radius 3 is 2.36 bits per heavy atom. The summed E-state index contributed by atoms with van der Waals surface area (Å²) in [5, 5.41) is 0. The van der Waals surface area contributed by atoms with E-state index < -0.39 is 0 Å². The molecule has 74 valence electrons. The zero-order valence-corrected chi connectivity index (χ0v) is 8.66. The van der Waals surface area contributed by atoms with Gasteiger partial charge < -0.3 is 4.90 Å². The van der Waals surface area contributed by atoms with Crippen molar-refractivity contribution < 1.29 is 4.79 Å². The van der Waals surface area contributed by atoms with Crippen molar-refractivity contribution in [1.82, 2.24) is 0 Å². The molecule has 2 heteroatoms. The fourth-order valence-electron chi connectivity index (χ4n) is 1.76. The van der Waals surface area contributed by atoms with Crippen LogP contribution in [0.5, 0.6) is 0 Å². The number of nitrogens with zero attached hydrogens (tertiary/aromatic N) is 1. The van der Waals surface area contributed by atoms with Crippen LogP contribution in [0.15, 0.2) is 24.3 Å². The van der Waals surface area contributed by atoms with E-state index in [0.717, 1.165) is 18.5 Å². The van der Waals surface area contributed by atoms with Gasteiger partial charge in [-0.05, 0) is 25.5 Å². The standard InChI is InChI=1S/C12H15NO/c1-9-3-5-10(6-4-9)13(2)11-7-8-12(11)14/h3-6,11H,7-8H2,1-2H3/t11-/m0/s1. The van der Waals surface area contributed by atoms with E-state index in [9.17, 15) is 4.79 Å². The lowest BCUT2D eigenvalue weighted by Gasteiger charge is -2.34. The van der Waals surface area contributed by atoms with E-state index >= 15 is 0 Å². The second-order valence-corrected chi connectivity index (χ2v) is 3.97. The van der Waals surface area contributed by atoms with Crippen molar-refractivity contribution in [3.8, 4) is 0 Å². The summed E-state index contributed by atoms with van der Waals surface area (Å²) < 4.78 is 0. The molecule has 1 fully saturated rings. The third-order valence-electron chi connectivity index (χ3n) is 2.94. The molecule has 0 aliphatic heterocycles. The summed E-state index contributed by atoms with van der Waals surface area (Å²) in [5.41, 5.74) is 2.38. The Kier molecular flexibility index (Phi) is 2.28. The lowest BCUT2D eigenvalue weighted by molar-refractivity contribution is -0.125. The van der Waals surface area contributed by atoms with E-state index in [4.69, 9.17) is 0 Å². The molecule has 0 bridgehead atoms. The molecule has 1 aliphatic rings. The summed E-state index contributed by atoms with van der Waals surface area (Å²) in [5.74, 6) is 0.369. The van der Waals surface area contributed by atoms with Gasteiger partial charge in [-0.15, -0.1) is 0 Å². The van der Waals surface area contributed by atoms with Crippen LogP contribution in [0.1, 0.15) is 18.4 Å². The van der Waals surface area contributed by atoms with Gasteiger partial charge in [0, 0.05) is 19.2 Å². The molecule has 0 heterocycles. The quantitative estimate of drug-likeness (QED) is 0.710. The minimum absolute atomic E-state index is 0.123. The number of hydrogen-bond acceptors (Lipinski definition) is 2. The number of rotatable bonds is 2. The minimum atomic E-state index is 0.123. The summed E-state index contributed by atoms with van der Waals surface area (Å²) in [6.07, 6.45) is 1.75. The van der Waals surface area contributed by atoms with E-state index in [2.05, 4.69) is 36.1 Å². The zero-order valence-electron chi connectivity index (χ0n) is 8.66. The Balaban J connectivity index is 2.14. The highest BCUT2D eigenvalue weighted by molar-refractivity contribution is 5.92. The van der Waals surface area contributed by atoms with Gasteiger partial charge in [-0.25, -0.2) is 0 Å². The molecule has 1 aromatic carbocycles. The Hall–Kier alpha value is -1.31. The predicted octanol–water partition coefficient (Wildman–Crippen LogP) is 2.16. The van der Waals surface area contributed by atoms with E-state index in [1.165, 1.54) is 5.56 Å². The molecule has 0 aromatic heterocycles. The number of ketones is 1. The molecule has 1 aliphatic carbocycles. The van der Waals surface area contributed by atoms with Gasteiger partial charge in [0.15, 0.2) is 5.78 Å². The molecule has 14 heavy (non-hydrogen) atoms. The van der Waals surface area contributed by atoms with E-state index in [-0.39, 0.29) is 6.04 Å². The van der Waals surface area contributed by atoms with Crippen molar-refractivity contribution >= 4 is 11.5 Å². The fourth-order valence-corrected chi connectivity index (χ4v) is 1.76. The minimum Gasteiger partial charge on any atom is -0.365 e. The number of anilines is 1. The Morgan fingerprint density at radius 1 is 1.29 bits per heavy atom. The van der Waals surface area contributed by atoms with Crippen LogP contribution < -0.4 is 4.90 Å². The molecule has 1 atom stereocenters. The average Bonchev–Trinajstić information content (AvgIpc) is 2.16. The van der Waals surface area contributed by atoms with Crippen LogP contribution in [0.4, 0.5) is 5.69 Å². The molecule has 0 saturated heterocycles. The first-order valence-electron chi connectivity index (χ1n) is 5.00. The lowest BCUT2D eigenvalue weighted by atomic mass is 9.89. The predicted molar refractivity (Wildman–Crippen MR) is 57.6 cm³/mol. The highest BCUT2D eigenvalue weighted by Gasteiger charge is 2.31. The second-order valence-electron chi connectivity index (χ2n) is 3.97. The van der Waals surface area contributed by atoms with Crippen LogP contribution in [0.2, 0.25) is 0 Å². The van der Waals surface area contributed by atoms with Crippen LogP contribution in [0.3, 0.4) is 0 Å². The topological polar surface area (TPSA) is 20.3 Å². The third-order valence-corrected chi connectivity index (χ3v) is 2.94. The van der Waals surface area contributed by atoms with Crippen molar-refractivity contribution in [2.75, 3.05) is 11.9 Å². The Bertz CT molecular complexity index is 342. The fraction of sp³-hybridized carbons (Fsp3) is 0.417. The van der Waals surface area contributed by atoms with Crippen LogP contribution >= 0.6 is 0 Å². The van der Waals surface area contributed by atoms with Crippen LogP contribution in [0.25, 0.3) is 0 Å². The number of likely N-dealkylation sites (N-methyl/N-ethyl adjacent to an activating group) is 1. The number of benzene rings is 1. The van der Waals surface area contributed by atoms with Gasteiger partial charge in [0.2, 0.25) is 0 Å². The van der Waals surface area contributed by atoms with E-state index in [1.54, 1.807) is 0 Å². The molecular formula is C12H15NO. The lowest BCUT2D eigenvalue weighted by Crippen LogP contribution is -2.45. The molecule has 0 spiro atoms. The van der Waals surface area contributed by atoms with E-state index in [0.29, 0.717) is 5.78 Å². The van der Waals surface area contributed by atoms with Gasteiger partial charge in [-0.2, -0.15) is 0 Å². The molecule has 0 radical (unpaired) electrons. The van der Waals surface area contributed by atoms with Gasteiger partial charge in [-0.1, -0.05) is 17.7 Å². The summed E-state index contributed by atoms with van der Waals surface area (Å²) >= 11 is 0.